The second-order valence-electron chi connectivity index (χ2n) is 13.0. The zero-order valence-electron chi connectivity index (χ0n) is 27.6. The molecule has 0 bridgehead atoms. The maximum Gasteiger partial charge on any atom is 0.160 e. The molecule has 0 aliphatic rings. The van der Waals surface area contributed by atoms with Crippen LogP contribution in [0.5, 0.6) is 0 Å². The number of thiophene rings is 1. The summed E-state index contributed by atoms with van der Waals surface area (Å²) in [6.45, 7) is 0. The summed E-state index contributed by atoms with van der Waals surface area (Å²) in [6.07, 6.45) is 0. The van der Waals surface area contributed by atoms with Crippen molar-refractivity contribution >= 4 is 53.1 Å². The molecule has 10 rings (SSSR count). The van der Waals surface area contributed by atoms with E-state index in [0.717, 1.165) is 39.2 Å². The average Bonchev–Trinajstić information content (AvgIpc) is 3.59. The fourth-order valence-electron chi connectivity index (χ4n) is 7.27. The summed E-state index contributed by atoms with van der Waals surface area (Å²) < 4.78 is 2.61. The standard InChI is InChI=1S/C48H30N2S/c1-3-13-33(14-4-1)43-30-44(50-48(49-43)34-15-5-2-6-16-34)40-27-38(36-20-19-31-11-7-8-17-35(31)25-36)26-39(28-40)37-22-23-45-42(29-37)47-41-18-10-9-12-32(41)21-24-46(47)51-45/h1-30H. The molecule has 0 spiro atoms. The molecule has 238 valence electrons. The van der Waals surface area contributed by atoms with Gasteiger partial charge >= 0.3 is 0 Å². The molecule has 0 unspecified atom stereocenters. The highest BCUT2D eigenvalue weighted by Crippen LogP contribution is 2.42. The molecule has 0 saturated heterocycles. The van der Waals surface area contributed by atoms with Crippen LogP contribution in [0.4, 0.5) is 0 Å². The molecule has 0 aliphatic heterocycles. The van der Waals surface area contributed by atoms with E-state index in [0.29, 0.717) is 5.82 Å². The maximum absolute atomic E-state index is 5.23. The first-order valence-corrected chi connectivity index (χ1v) is 18.0. The Morgan fingerprint density at radius 1 is 0.314 bits per heavy atom. The third-order valence-electron chi connectivity index (χ3n) is 9.83. The maximum atomic E-state index is 5.23. The Hall–Kier alpha value is -6.42. The monoisotopic (exact) mass is 666 g/mol. The van der Waals surface area contributed by atoms with Gasteiger partial charge in [0.2, 0.25) is 0 Å². The first-order valence-electron chi connectivity index (χ1n) is 17.2. The van der Waals surface area contributed by atoms with E-state index >= 15 is 0 Å². The highest BCUT2D eigenvalue weighted by atomic mass is 32.1. The van der Waals surface area contributed by atoms with Crippen LogP contribution in [0.3, 0.4) is 0 Å². The van der Waals surface area contributed by atoms with E-state index in [9.17, 15) is 0 Å². The topological polar surface area (TPSA) is 25.8 Å². The summed E-state index contributed by atoms with van der Waals surface area (Å²) in [4.78, 5) is 10.3. The molecule has 3 heteroatoms. The van der Waals surface area contributed by atoms with Crippen LogP contribution in [0.25, 0.3) is 97.9 Å². The fraction of sp³-hybridized carbons (Fsp3) is 0. The van der Waals surface area contributed by atoms with Crippen molar-refractivity contribution in [2.24, 2.45) is 0 Å². The molecule has 2 nitrogen and oxygen atoms in total. The van der Waals surface area contributed by atoms with Gasteiger partial charge in [-0.2, -0.15) is 0 Å². The van der Waals surface area contributed by atoms with Gasteiger partial charge in [-0.3, -0.25) is 0 Å². The van der Waals surface area contributed by atoms with Gasteiger partial charge in [0.15, 0.2) is 5.82 Å². The third-order valence-corrected chi connectivity index (χ3v) is 11.0. The Kier molecular flexibility index (Phi) is 7.04. The first kappa shape index (κ1) is 29.5. The van der Waals surface area contributed by atoms with E-state index in [2.05, 4.69) is 158 Å². The van der Waals surface area contributed by atoms with Gasteiger partial charge in [0, 0.05) is 36.9 Å². The lowest BCUT2D eigenvalue weighted by Crippen LogP contribution is -1.96. The summed E-state index contributed by atoms with van der Waals surface area (Å²) in [5.74, 6) is 0.711. The molecule has 0 amide bonds. The van der Waals surface area contributed by atoms with Crippen LogP contribution in [0.1, 0.15) is 0 Å². The van der Waals surface area contributed by atoms with Crippen molar-refractivity contribution in [1.82, 2.24) is 9.97 Å². The lowest BCUT2D eigenvalue weighted by molar-refractivity contribution is 1.18. The van der Waals surface area contributed by atoms with Crippen molar-refractivity contribution in [1.29, 1.82) is 0 Å². The number of nitrogens with zero attached hydrogens (tertiary/aromatic N) is 2. The molecule has 8 aromatic carbocycles. The van der Waals surface area contributed by atoms with Crippen LogP contribution in [0, 0.1) is 0 Å². The molecule has 0 N–H and O–H groups in total. The van der Waals surface area contributed by atoms with Gasteiger partial charge in [-0.15, -0.1) is 11.3 Å². The first-order chi connectivity index (χ1) is 25.2. The summed E-state index contributed by atoms with van der Waals surface area (Å²) in [6, 6.07) is 65.2. The molecule has 2 aromatic heterocycles. The third kappa shape index (κ3) is 5.36. The van der Waals surface area contributed by atoms with Crippen molar-refractivity contribution in [3.8, 4) is 56.2 Å². The summed E-state index contributed by atoms with van der Waals surface area (Å²) in [5.41, 5.74) is 9.54. The molecule has 51 heavy (non-hydrogen) atoms. The second-order valence-corrected chi connectivity index (χ2v) is 14.1. The van der Waals surface area contributed by atoms with E-state index < -0.39 is 0 Å². The van der Waals surface area contributed by atoms with E-state index in [1.54, 1.807) is 0 Å². The zero-order valence-corrected chi connectivity index (χ0v) is 28.4. The number of hydrogen-bond donors (Lipinski definition) is 0. The molecule has 0 fully saturated rings. The van der Waals surface area contributed by atoms with Crippen molar-refractivity contribution in [2.75, 3.05) is 0 Å². The lowest BCUT2D eigenvalue weighted by Gasteiger charge is -2.14. The Bertz CT molecular complexity index is 2850. The van der Waals surface area contributed by atoms with Crippen molar-refractivity contribution in [2.45, 2.75) is 0 Å². The molecular weight excluding hydrogens is 637 g/mol. The average molecular weight is 667 g/mol. The number of fused-ring (bicyclic) bond motifs is 6. The minimum atomic E-state index is 0.711. The number of aromatic nitrogens is 2. The van der Waals surface area contributed by atoms with Gasteiger partial charge < -0.3 is 0 Å². The lowest BCUT2D eigenvalue weighted by atomic mass is 9.93. The molecule has 2 heterocycles. The molecule has 10 aromatic rings. The van der Waals surface area contributed by atoms with Gasteiger partial charge in [-0.25, -0.2) is 9.97 Å². The predicted octanol–water partition coefficient (Wildman–Crippen LogP) is 13.5. The fourth-order valence-corrected chi connectivity index (χ4v) is 8.37. The van der Waals surface area contributed by atoms with Gasteiger partial charge in [-0.1, -0.05) is 133 Å². The molecule has 0 atom stereocenters. The van der Waals surface area contributed by atoms with Crippen LogP contribution in [-0.2, 0) is 0 Å². The predicted molar refractivity (Wildman–Crippen MR) is 217 cm³/mol. The number of hydrogen-bond acceptors (Lipinski definition) is 3. The van der Waals surface area contributed by atoms with Crippen LogP contribution < -0.4 is 0 Å². The summed E-state index contributed by atoms with van der Waals surface area (Å²) >= 11 is 1.86. The van der Waals surface area contributed by atoms with E-state index in [-0.39, 0.29) is 0 Å². The number of rotatable bonds is 5. The van der Waals surface area contributed by atoms with E-state index in [4.69, 9.17) is 9.97 Å². The van der Waals surface area contributed by atoms with Crippen molar-refractivity contribution in [3.05, 3.63) is 182 Å². The normalized spacial score (nSPS) is 11.5. The van der Waals surface area contributed by atoms with E-state index in [1.165, 1.54) is 52.8 Å². The van der Waals surface area contributed by atoms with Crippen LogP contribution >= 0.6 is 11.3 Å². The second kappa shape index (κ2) is 12.2. The van der Waals surface area contributed by atoms with Crippen LogP contribution in [0.2, 0.25) is 0 Å². The van der Waals surface area contributed by atoms with Crippen molar-refractivity contribution in [3.63, 3.8) is 0 Å². The Morgan fingerprint density at radius 3 is 1.67 bits per heavy atom. The minimum absolute atomic E-state index is 0.711. The summed E-state index contributed by atoms with van der Waals surface area (Å²) in [7, 11) is 0. The quantitative estimate of drug-likeness (QED) is 0.183. The highest BCUT2D eigenvalue weighted by molar-refractivity contribution is 7.26. The molecule has 0 radical (unpaired) electrons. The zero-order chi connectivity index (χ0) is 33.7. The number of benzene rings is 8. The van der Waals surface area contributed by atoms with Gasteiger partial charge in [-0.05, 0) is 92.3 Å². The largest absolute Gasteiger partial charge is 0.228 e. The van der Waals surface area contributed by atoms with Crippen LogP contribution in [0.15, 0.2) is 182 Å². The molecule has 0 aliphatic carbocycles. The Balaban J connectivity index is 1.22. The van der Waals surface area contributed by atoms with Crippen LogP contribution in [-0.4, -0.2) is 9.97 Å². The van der Waals surface area contributed by atoms with E-state index in [1.807, 2.05) is 35.6 Å². The van der Waals surface area contributed by atoms with Crippen molar-refractivity contribution < 1.29 is 0 Å². The summed E-state index contributed by atoms with van der Waals surface area (Å²) in [5, 5.41) is 7.64. The van der Waals surface area contributed by atoms with Gasteiger partial charge in [0.25, 0.3) is 0 Å². The Labute approximate surface area is 300 Å². The highest BCUT2D eigenvalue weighted by Gasteiger charge is 2.15. The van der Waals surface area contributed by atoms with Gasteiger partial charge in [0.1, 0.15) is 0 Å². The molecular formula is C48H30N2S. The SMILES string of the molecule is c1ccc(-c2cc(-c3cc(-c4ccc5ccccc5c4)cc(-c4ccc5sc6ccc7ccccc7c6c5c4)c3)nc(-c3ccccc3)n2)cc1. The minimum Gasteiger partial charge on any atom is -0.228 e. The smallest absolute Gasteiger partial charge is 0.160 e. The molecule has 0 saturated carbocycles. The Morgan fingerprint density at radius 2 is 0.882 bits per heavy atom. The van der Waals surface area contributed by atoms with Gasteiger partial charge in [0.05, 0.1) is 11.4 Å².